The Morgan fingerprint density at radius 1 is 0.778 bits per heavy atom. The molecule has 1 N–H and O–H groups in total. The molecule has 0 aromatic heterocycles. The lowest BCUT2D eigenvalue weighted by molar-refractivity contribution is 0.102. The van der Waals surface area contributed by atoms with Gasteiger partial charge >= 0.3 is 0 Å². The molecule has 0 aliphatic carbocycles. The Kier molecular flexibility index (Phi) is 4.45. The number of amides is 1. The van der Waals surface area contributed by atoms with Gasteiger partial charge in [0.15, 0.2) is 0 Å². The number of rotatable bonds is 4. The normalized spacial score (nSPS) is 12.8. The first kappa shape index (κ1) is 16.7. The van der Waals surface area contributed by atoms with Gasteiger partial charge in [0, 0.05) is 22.4 Å². The van der Waals surface area contributed by atoms with Crippen molar-refractivity contribution in [2.24, 2.45) is 10.2 Å². The van der Waals surface area contributed by atoms with Crippen LogP contribution in [-0.4, -0.2) is 17.3 Å². The van der Waals surface area contributed by atoms with Crippen molar-refractivity contribution in [1.82, 2.24) is 5.53 Å². The highest BCUT2D eigenvalue weighted by atomic mass is 19.1. The summed E-state index contributed by atoms with van der Waals surface area (Å²) in [5.74, 6) is -0.682. The van der Waals surface area contributed by atoms with Crippen molar-refractivity contribution in [3.8, 4) is 0 Å². The average molecular weight is 357 g/mol. The Morgan fingerprint density at radius 2 is 1.44 bits per heavy atom. The second-order valence-electron chi connectivity index (χ2n) is 5.86. The largest absolute Gasteiger partial charge is 0.322 e. The summed E-state index contributed by atoms with van der Waals surface area (Å²) in [6.45, 7) is 0. The standard InChI is InChI=1S/C21H14FN4O/c22-15-10-12-16(13-11-15)23-21(27)18-9-5-4-8-17(18)20-19(24-26-25-20)14-6-2-1-3-7-14/h1-13H,(H,23,27). The summed E-state index contributed by atoms with van der Waals surface area (Å²) >= 11 is 0. The number of carbonyl (C=O) groups is 1. The Bertz CT molecular complexity index is 1040. The van der Waals surface area contributed by atoms with Gasteiger partial charge in [-0.05, 0) is 35.9 Å². The number of anilines is 1. The van der Waals surface area contributed by atoms with Crippen LogP contribution in [0.3, 0.4) is 0 Å². The third kappa shape index (κ3) is 3.46. The molecule has 5 nitrogen and oxygen atoms in total. The first-order valence-corrected chi connectivity index (χ1v) is 8.30. The molecule has 3 aromatic carbocycles. The van der Waals surface area contributed by atoms with Gasteiger partial charge in [-0.3, -0.25) is 4.79 Å². The Hall–Kier alpha value is -3.80. The third-order valence-electron chi connectivity index (χ3n) is 4.09. The van der Waals surface area contributed by atoms with Crippen LogP contribution in [0.5, 0.6) is 0 Å². The van der Waals surface area contributed by atoms with E-state index in [1.165, 1.54) is 24.3 Å². The molecular weight excluding hydrogens is 343 g/mol. The number of benzene rings is 3. The van der Waals surface area contributed by atoms with Crippen LogP contribution in [0.2, 0.25) is 0 Å². The molecule has 1 heterocycles. The van der Waals surface area contributed by atoms with E-state index in [-0.39, 0.29) is 11.7 Å². The van der Waals surface area contributed by atoms with E-state index in [4.69, 9.17) is 0 Å². The van der Waals surface area contributed by atoms with Crippen molar-refractivity contribution in [3.05, 3.63) is 101 Å². The lowest BCUT2D eigenvalue weighted by atomic mass is 9.95. The van der Waals surface area contributed by atoms with E-state index in [0.717, 1.165) is 5.56 Å². The number of nitrogens with one attached hydrogen (secondary N) is 1. The molecule has 0 spiro atoms. The topological polar surface area (TPSA) is 67.9 Å². The molecule has 0 atom stereocenters. The van der Waals surface area contributed by atoms with E-state index in [9.17, 15) is 9.18 Å². The van der Waals surface area contributed by atoms with Crippen LogP contribution in [0.1, 0.15) is 21.5 Å². The van der Waals surface area contributed by atoms with Crippen LogP contribution < -0.4 is 10.9 Å². The SMILES string of the molecule is O=C(Nc1ccc(F)cc1)c1ccccc1C1=N[N]N=C1c1ccccc1. The molecule has 0 fully saturated rings. The smallest absolute Gasteiger partial charge is 0.256 e. The second-order valence-corrected chi connectivity index (χ2v) is 5.86. The number of hydrogen-bond donors (Lipinski definition) is 1. The van der Waals surface area contributed by atoms with Crippen molar-refractivity contribution in [3.63, 3.8) is 0 Å². The van der Waals surface area contributed by atoms with Gasteiger partial charge in [-0.15, -0.1) is 10.2 Å². The van der Waals surface area contributed by atoms with Gasteiger partial charge in [-0.1, -0.05) is 48.5 Å². The fourth-order valence-electron chi connectivity index (χ4n) is 2.80. The van der Waals surface area contributed by atoms with Crippen molar-refractivity contribution < 1.29 is 9.18 Å². The summed E-state index contributed by atoms with van der Waals surface area (Å²) in [4.78, 5) is 12.8. The molecule has 1 aliphatic rings. The average Bonchev–Trinajstić information content (AvgIpc) is 3.20. The highest BCUT2D eigenvalue weighted by Gasteiger charge is 2.24. The van der Waals surface area contributed by atoms with E-state index < -0.39 is 0 Å². The summed E-state index contributed by atoms with van der Waals surface area (Å²) in [5.41, 5.74) is 7.37. The van der Waals surface area contributed by atoms with Gasteiger partial charge in [0.1, 0.15) is 17.2 Å². The van der Waals surface area contributed by atoms with Crippen LogP contribution in [0.4, 0.5) is 10.1 Å². The zero-order chi connectivity index (χ0) is 18.6. The zero-order valence-corrected chi connectivity index (χ0v) is 14.1. The number of halogens is 1. The van der Waals surface area contributed by atoms with Gasteiger partial charge in [-0.2, -0.15) is 0 Å². The van der Waals surface area contributed by atoms with E-state index in [2.05, 4.69) is 21.1 Å². The second kappa shape index (κ2) is 7.21. The fraction of sp³-hybridized carbons (Fsp3) is 0. The minimum absolute atomic E-state index is 0.320. The molecule has 27 heavy (non-hydrogen) atoms. The quantitative estimate of drug-likeness (QED) is 0.758. The molecule has 4 rings (SSSR count). The molecule has 0 bridgehead atoms. The lowest BCUT2D eigenvalue weighted by Crippen LogP contribution is -2.21. The predicted molar refractivity (Wildman–Crippen MR) is 102 cm³/mol. The summed E-state index contributed by atoms with van der Waals surface area (Å²) < 4.78 is 13.1. The first-order chi connectivity index (χ1) is 13.2. The number of hydrogen-bond acceptors (Lipinski definition) is 3. The van der Waals surface area contributed by atoms with Gasteiger partial charge < -0.3 is 5.32 Å². The van der Waals surface area contributed by atoms with Crippen LogP contribution in [0.25, 0.3) is 0 Å². The predicted octanol–water partition coefficient (Wildman–Crippen LogP) is 3.80. The third-order valence-corrected chi connectivity index (χ3v) is 4.09. The highest BCUT2D eigenvalue weighted by Crippen LogP contribution is 2.19. The van der Waals surface area contributed by atoms with Crippen molar-refractivity contribution in [2.75, 3.05) is 5.32 Å². The van der Waals surface area contributed by atoms with Gasteiger partial charge in [-0.25, -0.2) is 4.39 Å². The fourth-order valence-corrected chi connectivity index (χ4v) is 2.80. The molecule has 3 aromatic rings. The van der Waals surface area contributed by atoms with Gasteiger partial charge in [0.05, 0.1) is 0 Å². The van der Waals surface area contributed by atoms with Gasteiger partial charge in [0.2, 0.25) is 0 Å². The van der Waals surface area contributed by atoms with Crippen LogP contribution in [0.15, 0.2) is 89.1 Å². The summed E-state index contributed by atoms with van der Waals surface area (Å²) in [7, 11) is 0. The minimum atomic E-state index is -0.362. The van der Waals surface area contributed by atoms with E-state index in [0.29, 0.717) is 28.2 Å². The van der Waals surface area contributed by atoms with E-state index in [1.54, 1.807) is 18.2 Å². The number of carbonyl (C=O) groups excluding carboxylic acids is 1. The first-order valence-electron chi connectivity index (χ1n) is 8.30. The summed E-state index contributed by atoms with van der Waals surface area (Å²) in [5, 5.41) is 11.0. The molecular formula is C21H14FN4O. The van der Waals surface area contributed by atoms with E-state index in [1.807, 2.05) is 36.4 Å². The van der Waals surface area contributed by atoms with Crippen LogP contribution in [0, 0.1) is 5.82 Å². The van der Waals surface area contributed by atoms with Crippen LogP contribution in [-0.2, 0) is 0 Å². The van der Waals surface area contributed by atoms with E-state index >= 15 is 0 Å². The summed E-state index contributed by atoms with van der Waals surface area (Å²) in [6, 6.07) is 22.3. The molecule has 1 aliphatic heterocycles. The van der Waals surface area contributed by atoms with Gasteiger partial charge in [0.25, 0.3) is 5.91 Å². The maximum atomic E-state index is 13.1. The van der Waals surface area contributed by atoms with Crippen molar-refractivity contribution in [1.29, 1.82) is 0 Å². The Balaban J connectivity index is 1.66. The molecule has 1 amide bonds. The van der Waals surface area contributed by atoms with Crippen molar-refractivity contribution >= 4 is 23.0 Å². The molecule has 6 heteroatoms. The zero-order valence-electron chi connectivity index (χ0n) is 14.1. The molecule has 0 saturated carbocycles. The Labute approximate surface area is 155 Å². The Morgan fingerprint density at radius 3 is 2.22 bits per heavy atom. The minimum Gasteiger partial charge on any atom is -0.322 e. The highest BCUT2D eigenvalue weighted by molar-refractivity contribution is 6.55. The number of nitrogens with zero attached hydrogens (tertiary/aromatic N) is 3. The maximum absolute atomic E-state index is 13.1. The molecule has 131 valence electrons. The molecule has 0 saturated heterocycles. The van der Waals surface area contributed by atoms with Crippen LogP contribution >= 0.6 is 0 Å². The molecule has 0 unspecified atom stereocenters. The summed E-state index contributed by atoms with van der Waals surface area (Å²) in [6.07, 6.45) is 0. The monoisotopic (exact) mass is 357 g/mol. The molecule has 1 radical (unpaired) electrons. The maximum Gasteiger partial charge on any atom is 0.256 e. The lowest BCUT2D eigenvalue weighted by Gasteiger charge is -2.11. The van der Waals surface area contributed by atoms with Crippen molar-refractivity contribution in [2.45, 2.75) is 0 Å².